The predicted octanol–water partition coefficient (Wildman–Crippen LogP) is 0.775. The fourth-order valence-corrected chi connectivity index (χ4v) is 2.57. The number of rotatable bonds is 25. The number of aliphatic carboxylic acids is 1. The van der Waals surface area contributed by atoms with Gasteiger partial charge in [-0.3, -0.25) is 28.8 Å². The molecule has 0 unspecified atom stereocenters. The highest BCUT2D eigenvalue weighted by Gasteiger charge is 2.16. The maximum atomic E-state index is 11.4. The Hall–Kier alpha value is -3.38. The van der Waals surface area contributed by atoms with Crippen LogP contribution in [0.1, 0.15) is 67.2 Å². The summed E-state index contributed by atoms with van der Waals surface area (Å²) < 4.78 is 39.1. The van der Waals surface area contributed by atoms with Gasteiger partial charge in [0, 0.05) is 19.5 Å². The lowest BCUT2D eigenvalue weighted by atomic mass is 10.2. The van der Waals surface area contributed by atoms with Crippen LogP contribution in [-0.4, -0.2) is 132 Å². The van der Waals surface area contributed by atoms with E-state index in [2.05, 4.69) is 14.8 Å². The molecule has 0 aromatic carbocycles. The molecule has 4 N–H and O–H groups in total. The highest BCUT2D eigenvalue weighted by Crippen LogP contribution is 2.08. The van der Waals surface area contributed by atoms with Crippen molar-refractivity contribution in [1.29, 1.82) is 0 Å². The van der Waals surface area contributed by atoms with E-state index in [1.807, 2.05) is 20.8 Å². The molecular weight excluding hydrogens is 628 g/mol. The van der Waals surface area contributed by atoms with Crippen molar-refractivity contribution >= 4 is 36.8 Å². The summed E-state index contributed by atoms with van der Waals surface area (Å²) in [5, 5.41) is 10.8. The molecule has 0 saturated carbocycles. The summed E-state index contributed by atoms with van der Waals surface area (Å²) in [5.74, 6) is -1.60. The zero-order chi connectivity index (χ0) is 36.4. The molecule has 0 aliphatic rings. The number of carbonyl (C=O) groups is 6. The fraction of sp³-hybridized carbons (Fsp3) is 0.800. The molecule has 0 fully saturated rings. The van der Waals surface area contributed by atoms with Crippen molar-refractivity contribution in [2.45, 2.75) is 78.4 Å². The van der Waals surface area contributed by atoms with Gasteiger partial charge in [0.15, 0.2) is 0 Å². The van der Waals surface area contributed by atoms with Gasteiger partial charge in [0.05, 0.1) is 72.1 Å². The van der Waals surface area contributed by atoms with Gasteiger partial charge in [-0.2, -0.15) is 0 Å². The lowest BCUT2D eigenvalue weighted by Crippen LogP contribution is -2.28. The lowest BCUT2D eigenvalue weighted by Gasteiger charge is -2.19. The monoisotopic (exact) mass is 684 g/mol. The number of hydrogen-bond donors (Lipinski definition) is 3. The van der Waals surface area contributed by atoms with Crippen LogP contribution in [0.15, 0.2) is 0 Å². The van der Waals surface area contributed by atoms with E-state index >= 15 is 0 Å². The second kappa shape index (κ2) is 32.6. The van der Waals surface area contributed by atoms with Crippen LogP contribution in [0.5, 0.6) is 0 Å². The third kappa shape index (κ3) is 49.7. The number of carboxylic acids is 1. The number of amides is 1. The van der Waals surface area contributed by atoms with Gasteiger partial charge in [0.25, 0.3) is 12.9 Å². The average molecular weight is 685 g/mol. The van der Waals surface area contributed by atoms with Crippen molar-refractivity contribution in [3.05, 3.63) is 0 Å². The minimum absolute atomic E-state index is 0.0267. The van der Waals surface area contributed by atoms with E-state index in [4.69, 9.17) is 39.3 Å². The first-order chi connectivity index (χ1) is 22.1. The van der Waals surface area contributed by atoms with Crippen LogP contribution in [0.2, 0.25) is 0 Å². The Morgan fingerprint density at radius 2 is 1.00 bits per heavy atom. The molecule has 47 heavy (non-hydrogen) atoms. The maximum absolute atomic E-state index is 11.4. The SMILES string of the molecule is CC(C)(C)OC(=O)CCOCCN.CC(C)(C)OC(=O)CCOCCNC(=O)CCOCCOC=O.O=COCCOCCC(=O)O. The van der Waals surface area contributed by atoms with Crippen molar-refractivity contribution in [1.82, 2.24) is 5.32 Å². The van der Waals surface area contributed by atoms with Crippen LogP contribution in [-0.2, 0) is 66.7 Å². The Kier molecular flexibility index (Phi) is 33.3. The van der Waals surface area contributed by atoms with Crippen molar-refractivity contribution in [3.63, 3.8) is 0 Å². The number of esters is 2. The highest BCUT2D eigenvalue weighted by atomic mass is 16.6. The molecule has 0 rings (SSSR count). The highest BCUT2D eigenvalue weighted by molar-refractivity contribution is 5.75. The summed E-state index contributed by atoms with van der Waals surface area (Å²) in [6.45, 7) is 15.2. The molecule has 276 valence electrons. The van der Waals surface area contributed by atoms with Crippen LogP contribution in [0.25, 0.3) is 0 Å². The third-order valence-corrected chi connectivity index (χ3v) is 4.33. The van der Waals surface area contributed by atoms with Crippen LogP contribution in [0, 0.1) is 0 Å². The molecular formula is C30H56N2O15. The summed E-state index contributed by atoms with van der Waals surface area (Å²) in [4.78, 5) is 63.3. The van der Waals surface area contributed by atoms with E-state index in [9.17, 15) is 28.8 Å². The molecule has 0 bridgehead atoms. The van der Waals surface area contributed by atoms with E-state index in [1.165, 1.54) is 0 Å². The number of carboxylic acid groups (broad SMARTS) is 1. The quantitative estimate of drug-likeness (QED) is 0.0521. The Balaban J connectivity index is -0.000000681. The second-order valence-corrected chi connectivity index (χ2v) is 11.1. The van der Waals surface area contributed by atoms with Gasteiger partial charge < -0.3 is 54.1 Å². The molecule has 0 atom stereocenters. The maximum Gasteiger partial charge on any atom is 0.308 e. The molecule has 0 spiro atoms. The number of hydrogen-bond acceptors (Lipinski definition) is 15. The summed E-state index contributed by atoms with van der Waals surface area (Å²) in [5.41, 5.74) is 4.30. The van der Waals surface area contributed by atoms with Gasteiger partial charge in [-0.1, -0.05) is 0 Å². The minimum atomic E-state index is -0.902. The molecule has 0 aromatic rings. The standard InChI is InChI=1S/C15H27NO7.C9H19NO3.C6H10O5/c1-15(2,3)23-14(19)5-8-20-9-6-16-13(18)4-7-21-10-11-22-12-17;1-9(2,3)13-8(11)4-6-12-7-5-10;7-5-11-4-3-10-2-1-6(8)9/h12H,4-11H2,1-3H3,(H,16,18);4-7,10H2,1-3H3;5H,1-4H2,(H,8,9). The van der Waals surface area contributed by atoms with Crippen LogP contribution in [0.3, 0.4) is 0 Å². The topological polar surface area (TPSA) is 235 Å². The van der Waals surface area contributed by atoms with Gasteiger partial charge in [0.2, 0.25) is 5.91 Å². The number of ether oxygens (including phenoxy) is 8. The predicted molar refractivity (Wildman–Crippen MR) is 167 cm³/mol. The Bertz CT molecular complexity index is 827. The summed E-state index contributed by atoms with van der Waals surface area (Å²) in [6.07, 6.45) is 0.666. The zero-order valence-electron chi connectivity index (χ0n) is 28.7. The van der Waals surface area contributed by atoms with E-state index < -0.39 is 17.2 Å². The summed E-state index contributed by atoms with van der Waals surface area (Å²) in [7, 11) is 0. The van der Waals surface area contributed by atoms with E-state index in [0.29, 0.717) is 45.9 Å². The number of nitrogens with two attached hydrogens (primary N) is 1. The Morgan fingerprint density at radius 1 is 0.596 bits per heavy atom. The first-order valence-corrected chi connectivity index (χ1v) is 15.1. The molecule has 17 heteroatoms. The molecule has 0 aromatic heterocycles. The van der Waals surface area contributed by atoms with Crippen LogP contribution in [0.4, 0.5) is 0 Å². The van der Waals surface area contributed by atoms with Crippen molar-refractivity contribution in [2.75, 3.05) is 79.2 Å². The van der Waals surface area contributed by atoms with Gasteiger partial charge >= 0.3 is 17.9 Å². The van der Waals surface area contributed by atoms with E-state index in [1.54, 1.807) is 20.8 Å². The second-order valence-electron chi connectivity index (χ2n) is 11.1. The molecule has 0 radical (unpaired) electrons. The minimum Gasteiger partial charge on any atom is -0.481 e. The number of carbonyl (C=O) groups excluding carboxylic acids is 5. The normalized spacial score (nSPS) is 10.6. The Labute approximate surface area is 277 Å². The van der Waals surface area contributed by atoms with E-state index in [0.717, 1.165) is 0 Å². The van der Waals surface area contributed by atoms with Gasteiger partial charge in [0.1, 0.15) is 24.4 Å². The summed E-state index contributed by atoms with van der Waals surface area (Å²) >= 11 is 0. The van der Waals surface area contributed by atoms with Crippen molar-refractivity contribution in [3.8, 4) is 0 Å². The van der Waals surface area contributed by atoms with Crippen molar-refractivity contribution < 1.29 is 71.8 Å². The molecule has 1 amide bonds. The van der Waals surface area contributed by atoms with Crippen LogP contribution >= 0.6 is 0 Å². The fourth-order valence-electron chi connectivity index (χ4n) is 2.57. The molecule has 0 saturated heterocycles. The smallest absolute Gasteiger partial charge is 0.308 e. The summed E-state index contributed by atoms with van der Waals surface area (Å²) in [6, 6.07) is 0. The van der Waals surface area contributed by atoms with Gasteiger partial charge in [-0.15, -0.1) is 0 Å². The zero-order valence-corrected chi connectivity index (χ0v) is 28.7. The largest absolute Gasteiger partial charge is 0.481 e. The van der Waals surface area contributed by atoms with Gasteiger partial charge in [-0.05, 0) is 41.5 Å². The van der Waals surface area contributed by atoms with Crippen molar-refractivity contribution in [2.24, 2.45) is 5.73 Å². The molecule has 0 aliphatic carbocycles. The first-order valence-electron chi connectivity index (χ1n) is 15.1. The third-order valence-electron chi connectivity index (χ3n) is 4.33. The van der Waals surface area contributed by atoms with E-state index in [-0.39, 0.29) is 89.8 Å². The van der Waals surface area contributed by atoms with Gasteiger partial charge in [-0.25, -0.2) is 0 Å². The van der Waals surface area contributed by atoms with Crippen LogP contribution < -0.4 is 11.1 Å². The Morgan fingerprint density at radius 3 is 1.40 bits per heavy atom. The first kappa shape index (κ1) is 48.0. The average Bonchev–Trinajstić information content (AvgIpc) is 2.95. The lowest BCUT2D eigenvalue weighted by molar-refractivity contribution is -0.157. The molecule has 0 heterocycles. The molecule has 0 aliphatic heterocycles. The number of nitrogens with one attached hydrogen (secondary N) is 1. The molecule has 17 nitrogen and oxygen atoms in total.